The fourth-order valence-corrected chi connectivity index (χ4v) is 1.90. The highest BCUT2D eigenvalue weighted by atomic mass is 32.1. The van der Waals surface area contributed by atoms with Gasteiger partial charge >= 0.3 is 5.97 Å². The zero-order valence-corrected chi connectivity index (χ0v) is 8.87. The maximum atomic E-state index is 11.5. The summed E-state index contributed by atoms with van der Waals surface area (Å²) >= 11 is 1.56. The third-order valence-electron chi connectivity index (χ3n) is 1.87. The Hall–Kier alpha value is -1.61. The van der Waals surface area contributed by atoms with Crippen molar-refractivity contribution in [2.24, 2.45) is 0 Å². The number of benzene rings is 1. The number of hydrogen-bond acceptors (Lipinski definition) is 3. The van der Waals surface area contributed by atoms with Gasteiger partial charge in [-0.25, -0.2) is 0 Å². The fraction of sp³-hybridized carbons (Fsp3) is 0.0833. The topological polar surface area (TPSA) is 26.3 Å². The van der Waals surface area contributed by atoms with Crippen LogP contribution in [0.25, 0.3) is 0 Å². The van der Waals surface area contributed by atoms with E-state index in [1.165, 1.54) is 0 Å². The first kappa shape index (κ1) is 9.93. The third kappa shape index (κ3) is 2.92. The van der Waals surface area contributed by atoms with Gasteiger partial charge in [-0.3, -0.25) is 4.79 Å². The monoisotopic (exact) mass is 218 g/mol. The molecule has 0 fully saturated rings. The van der Waals surface area contributed by atoms with Crippen molar-refractivity contribution < 1.29 is 9.53 Å². The van der Waals surface area contributed by atoms with Crippen molar-refractivity contribution in [3.05, 3.63) is 52.7 Å². The summed E-state index contributed by atoms with van der Waals surface area (Å²) in [4.78, 5) is 12.5. The molecule has 0 saturated heterocycles. The Morgan fingerprint density at radius 1 is 1.13 bits per heavy atom. The molecule has 0 unspecified atom stereocenters. The van der Waals surface area contributed by atoms with Gasteiger partial charge in [-0.1, -0.05) is 24.3 Å². The van der Waals surface area contributed by atoms with Gasteiger partial charge in [-0.05, 0) is 23.6 Å². The highest BCUT2D eigenvalue weighted by Gasteiger charge is 2.06. The molecule has 0 amide bonds. The normalized spacial score (nSPS) is 9.87. The molecule has 1 aromatic carbocycles. The van der Waals surface area contributed by atoms with E-state index in [1.54, 1.807) is 23.5 Å². The van der Waals surface area contributed by atoms with Gasteiger partial charge in [-0.2, -0.15) is 0 Å². The summed E-state index contributed by atoms with van der Waals surface area (Å²) < 4.78 is 5.16. The molecule has 0 saturated carbocycles. The van der Waals surface area contributed by atoms with Crippen LogP contribution in [0.1, 0.15) is 4.88 Å². The Morgan fingerprint density at radius 3 is 2.60 bits per heavy atom. The van der Waals surface area contributed by atoms with Crippen LogP contribution >= 0.6 is 11.3 Å². The van der Waals surface area contributed by atoms with Crippen LogP contribution < -0.4 is 4.74 Å². The fourth-order valence-electron chi connectivity index (χ4n) is 1.21. The van der Waals surface area contributed by atoms with Crippen molar-refractivity contribution in [3.8, 4) is 5.75 Å². The molecule has 1 aromatic heterocycles. The minimum atomic E-state index is -0.219. The number of hydrogen-bond donors (Lipinski definition) is 0. The standard InChI is InChI=1S/C12H10O2S/c13-12(9-11-7-4-8-15-11)14-10-5-2-1-3-6-10/h1-8H,9H2. The second-order valence-corrected chi connectivity index (χ2v) is 4.08. The lowest BCUT2D eigenvalue weighted by molar-refractivity contribution is -0.133. The molecule has 15 heavy (non-hydrogen) atoms. The Morgan fingerprint density at radius 2 is 1.93 bits per heavy atom. The summed E-state index contributed by atoms with van der Waals surface area (Å²) in [5, 5.41) is 1.95. The van der Waals surface area contributed by atoms with Crippen LogP contribution in [0.15, 0.2) is 47.8 Å². The highest BCUT2D eigenvalue weighted by molar-refractivity contribution is 7.10. The minimum Gasteiger partial charge on any atom is -0.426 e. The van der Waals surface area contributed by atoms with E-state index in [4.69, 9.17) is 4.74 Å². The van der Waals surface area contributed by atoms with Gasteiger partial charge < -0.3 is 4.74 Å². The van der Waals surface area contributed by atoms with Gasteiger partial charge in [0.25, 0.3) is 0 Å². The second-order valence-electron chi connectivity index (χ2n) is 3.04. The van der Waals surface area contributed by atoms with E-state index >= 15 is 0 Å². The quantitative estimate of drug-likeness (QED) is 0.585. The first-order valence-corrected chi connectivity index (χ1v) is 5.50. The summed E-state index contributed by atoms with van der Waals surface area (Å²) in [6.07, 6.45) is 0.340. The number of rotatable bonds is 3. The third-order valence-corrected chi connectivity index (χ3v) is 2.75. The van der Waals surface area contributed by atoms with E-state index in [-0.39, 0.29) is 5.97 Å². The van der Waals surface area contributed by atoms with Crippen molar-refractivity contribution >= 4 is 17.3 Å². The zero-order valence-electron chi connectivity index (χ0n) is 8.05. The molecule has 0 bridgehead atoms. The zero-order chi connectivity index (χ0) is 10.5. The van der Waals surface area contributed by atoms with Crippen molar-refractivity contribution in [1.82, 2.24) is 0 Å². The van der Waals surface area contributed by atoms with Gasteiger partial charge in [-0.15, -0.1) is 11.3 Å². The smallest absolute Gasteiger partial charge is 0.316 e. The van der Waals surface area contributed by atoms with Crippen LogP contribution in [0, 0.1) is 0 Å². The van der Waals surface area contributed by atoms with Crippen molar-refractivity contribution in [2.75, 3.05) is 0 Å². The van der Waals surface area contributed by atoms with Crippen LogP contribution in [-0.2, 0) is 11.2 Å². The summed E-state index contributed by atoms with van der Waals surface area (Å²) in [6.45, 7) is 0. The average Bonchev–Trinajstić information content (AvgIpc) is 2.71. The van der Waals surface area contributed by atoms with E-state index in [9.17, 15) is 4.79 Å². The number of ether oxygens (including phenoxy) is 1. The molecule has 0 spiro atoms. The number of esters is 1. The number of para-hydroxylation sites is 1. The van der Waals surface area contributed by atoms with E-state index in [0.29, 0.717) is 12.2 Å². The van der Waals surface area contributed by atoms with E-state index < -0.39 is 0 Å². The maximum Gasteiger partial charge on any atom is 0.316 e. The van der Waals surface area contributed by atoms with Crippen molar-refractivity contribution in [3.63, 3.8) is 0 Å². The summed E-state index contributed by atoms with van der Waals surface area (Å²) in [5.74, 6) is 0.378. The molecule has 0 atom stereocenters. The second kappa shape index (κ2) is 4.75. The molecule has 0 N–H and O–H groups in total. The van der Waals surface area contributed by atoms with E-state index in [1.807, 2.05) is 35.7 Å². The van der Waals surface area contributed by atoms with E-state index in [0.717, 1.165) is 4.88 Å². The van der Waals surface area contributed by atoms with Crippen LogP contribution in [0.3, 0.4) is 0 Å². The molecule has 0 radical (unpaired) electrons. The first-order chi connectivity index (χ1) is 7.34. The average molecular weight is 218 g/mol. The predicted molar refractivity (Wildman–Crippen MR) is 60.1 cm³/mol. The Kier molecular flexibility index (Phi) is 3.15. The van der Waals surface area contributed by atoms with Gasteiger partial charge in [0.05, 0.1) is 6.42 Å². The van der Waals surface area contributed by atoms with Crippen molar-refractivity contribution in [1.29, 1.82) is 0 Å². The number of carbonyl (C=O) groups excluding carboxylic acids is 1. The molecule has 0 aliphatic heterocycles. The van der Waals surface area contributed by atoms with Crippen molar-refractivity contribution in [2.45, 2.75) is 6.42 Å². The molecule has 0 aliphatic carbocycles. The summed E-state index contributed by atoms with van der Waals surface area (Å²) in [6, 6.07) is 13.0. The van der Waals surface area contributed by atoms with Crippen LogP contribution in [0.4, 0.5) is 0 Å². The molecule has 1 heterocycles. The Balaban J connectivity index is 1.94. The number of carbonyl (C=O) groups is 1. The van der Waals surface area contributed by atoms with Gasteiger partial charge in [0.2, 0.25) is 0 Å². The molecular weight excluding hydrogens is 208 g/mol. The lowest BCUT2D eigenvalue weighted by atomic mass is 10.3. The minimum absolute atomic E-state index is 0.219. The molecule has 2 aromatic rings. The first-order valence-electron chi connectivity index (χ1n) is 4.63. The molecule has 3 heteroatoms. The Labute approximate surface area is 92.1 Å². The summed E-state index contributed by atoms with van der Waals surface area (Å²) in [5.41, 5.74) is 0. The predicted octanol–water partition coefficient (Wildman–Crippen LogP) is 2.90. The van der Waals surface area contributed by atoms with Gasteiger partial charge in [0.1, 0.15) is 5.75 Å². The van der Waals surface area contributed by atoms with Crippen LogP contribution in [-0.4, -0.2) is 5.97 Å². The number of thiophene rings is 1. The summed E-state index contributed by atoms with van der Waals surface area (Å²) in [7, 11) is 0. The molecular formula is C12H10O2S. The molecule has 76 valence electrons. The van der Waals surface area contributed by atoms with Gasteiger partial charge in [0.15, 0.2) is 0 Å². The highest BCUT2D eigenvalue weighted by Crippen LogP contribution is 2.13. The lowest BCUT2D eigenvalue weighted by Gasteiger charge is -2.02. The lowest BCUT2D eigenvalue weighted by Crippen LogP contribution is -2.10. The molecule has 2 rings (SSSR count). The largest absolute Gasteiger partial charge is 0.426 e. The SMILES string of the molecule is O=C(Cc1cccs1)Oc1ccccc1. The maximum absolute atomic E-state index is 11.5. The van der Waals surface area contributed by atoms with Gasteiger partial charge in [0, 0.05) is 4.88 Å². The van der Waals surface area contributed by atoms with Crippen LogP contribution in [0.5, 0.6) is 5.75 Å². The Bertz CT molecular complexity index is 420. The molecule has 2 nitrogen and oxygen atoms in total. The van der Waals surface area contributed by atoms with Crippen LogP contribution in [0.2, 0.25) is 0 Å². The molecule has 0 aliphatic rings. The van der Waals surface area contributed by atoms with E-state index in [2.05, 4.69) is 0 Å².